The van der Waals surface area contributed by atoms with Gasteiger partial charge in [-0.1, -0.05) is 19.1 Å². The fraction of sp³-hybridized carbons (Fsp3) is 0.462. The third-order valence-corrected chi connectivity index (χ3v) is 3.49. The number of ether oxygens (including phenoxy) is 1. The minimum Gasteiger partial charge on any atom is -0.469 e. The van der Waals surface area contributed by atoms with E-state index in [1.165, 1.54) is 7.11 Å². The van der Waals surface area contributed by atoms with Crippen LogP contribution in [0, 0.1) is 16.7 Å². The Morgan fingerprint density at radius 1 is 1.67 bits per heavy atom. The SMILES string of the molecule is Bc1ccc(C(C)C(C)(CC#N)C(=O)OC)cn1. The number of hydrogen-bond acceptors (Lipinski definition) is 4. The van der Waals surface area contributed by atoms with Crippen LogP contribution >= 0.6 is 0 Å². The summed E-state index contributed by atoms with van der Waals surface area (Å²) in [6, 6.07) is 5.90. The van der Waals surface area contributed by atoms with Gasteiger partial charge in [0.25, 0.3) is 0 Å². The van der Waals surface area contributed by atoms with E-state index in [1.807, 2.05) is 26.9 Å². The fourth-order valence-corrected chi connectivity index (χ4v) is 1.90. The summed E-state index contributed by atoms with van der Waals surface area (Å²) >= 11 is 0. The number of nitriles is 1. The van der Waals surface area contributed by atoms with Gasteiger partial charge in [-0.2, -0.15) is 5.26 Å². The van der Waals surface area contributed by atoms with E-state index in [9.17, 15) is 4.79 Å². The highest BCUT2D eigenvalue weighted by Gasteiger charge is 2.40. The molecule has 0 spiro atoms. The van der Waals surface area contributed by atoms with Crippen molar-refractivity contribution < 1.29 is 9.53 Å². The molecule has 0 aliphatic carbocycles. The number of pyridine rings is 1. The molecule has 0 radical (unpaired) electrons. The second-order valence-corrected chi connectivity index (χ2v) is 4.70. The average Bonchev–Trinajstić information content (AvgIpc) is 2.38. The lowest BCUT2D eigenvalue weighted by Gasteiger charge is -2.30. The van der Waals surface area contributed by atoms with Crippen molar-refractivity contribution in [1.82, 2.24) is 4.98 Å². The normalized spacial score (nSPS) is 15.2. The van der Waals surface area contributed by atoms with E-state index in [-0.39, 0.29) is 18.3 Å². The number of nitrogens with zero attached hydrogens (tertiary/aromatic N) is 2. The second kappa shape index (κ2) is 5.68. The van der Waals surface area contributed by atoms with E-state index in [0.29, 0.717) is 0 Å². The fourth-order valence-electron chi connectivity index (χ4n) is 1.90. The molecule has 4 nitrogen and oxygen atoms in total. The molecule has 18 heavy (non-hydrogen) atoms. The van der Waals surface area contributed by atoms with E-state index in [0.717, 1.165) is 11.2 Å². The molecule has 5 heteroatoms. The van der Waals surface area contributed by atoms with Gasteiger partial charge in [0.2, 0.25) is 0 Å². The van der Waals surface area contributed by atoms with Crippen LogP contribution in [0.2, 0.25) is 0 Å². The molecule has 1 aromatic heterocycles. The zero-order chi connectivity index (χ0) is 13.8. The van der Waals surface area contributed by atoms with Crippen LogP contribution in [0.4, 0.5) is 0 Å². The number of hydrogen-bond donors (Lipinski definition) is 0. The van der Waals surface area contributed by atoms with Crippen LogP contribution in [-0.4, -0.2) is 25.9 Å². The monoisotopic (exact) mass is 244 g/mol. The van der Waals surface area contributed by atoms with Crippen molar-refractivity contribution in [2.45, 2.75) is 26.2 Å². The summed E-state index contributed by atoms with van der Waals surface area (Å²) in [4.78, 5) is 16.1. The maximum absolute atomic E-state index is 11.9. The Morgan fingerprint density at radius 2 is 2.33 bits per heavy atom. The highest BCUT2D eigenvalue weighted by molar-refractivity contribution is 6.30. The molecule has 0 amide bonds. The Balaban J connectivity index is 3.10. The molecule has 0 N–H and O–H groups in total. The molecule has 0 fully saturated rings. The molecule has 0 bridgehead atoms. The van der Waals surface area contributed by atoms with Gasteiger partial charge in [0.1, 0.15) is 0 Å². The smallest absolute Gasteiger partial charge is 0.313 e. The molecule has 2 atom stereocenters. The predicted octanol–water partition coefficient (Wildman–Crippen LogP) is 0.536. The number of esters is 1. The molecule has 0 aliphatic heterocycles. The highest BCUT2D eigenvalue weighted by Crippen LogP contribution is 2.39. The topological polar surface area (TPSA) is 63.0 Å². The first-order valence-electron chi connectivity index (χ1n) is 5.83. The zero-order valence-corrected chi connectivity index (χ0v) is 11.2. The molecule has 0 aliphatic rings. The van der Waals surface area contributed by atoms with Gasteiger partial charge in [-0.05, 0) is 24.0 Å². The Hall–Kier alpha value is -1.83. The minimum absolute atomic E-state index is 0.120. The van der Waals surface area contributed by atoms with Crippen LogP contribution in [0.5, 0.6) is 0 Å². The molecule has 1 rings (SSSR count). The largest absolute Gasteiger partial charge is 0.469 e. The highest BCUT2D eigenvalue weighted by atomic mass is 16.5. The first kappa shape index (κ1) is 14.2. The van der Waals surface area contributed by atoms with Crippen LogP contribution in [-0.2, 0) is 9.53 Å². The standard InChI is InChI=1S/C13H17BN2O2/c1-9(10-4-5-11(14)16-8-10)13(2,6-7-15)12(17)18-3/h4-5,8-9H,6,14H2,1-3H3. The summed E-state index contributed by atoms with van der Waals surface area (Å²) in [5, 5.41) is 8.91. The lowest BCUT2D eigenvalue weighted by molar-refractivity contribution is -0.152. The van der Waals surface area contributed by atoms with Crippen LogP contribution in [0.15, 0.2) is 18.3 Å². The Kier molecular flexibility index (Phi) is 4.49. The molecule has 1 aromatic rings. The van der Waals surface area contributed by atoms with Crippen molar-refractivity contribution in [3.63, 3.8) is 0 Å². The van der Waals surface area contributed by atoms with E-state index in [1.54, 1.807) is 13.1 Å². The van der Waals surface area contributed by atoms with Crippen molar-refractivity contribution >= 4 is 19.4 Å². The summed E-state index contributed by atoms with van der Waals surface area (Å²) in [5.41, 5.74) is 1.01. The van der Waals surface area contributed by atoms with Crippen LogP contribution in [0.3, 0.4) is 0 Å². The second-order valence-electron chi connectivity index (χ2n) is 4.70. The summed E-state index contributed by atoms with van der Waals surface area (Å²) in [5.74, 6) is -0.491. The molecule has 0 aromatic carbocycles. The third kappa shape index (κ3) is 2.70. The van der Waals surface area contributed by atoms with E-state index in [4.69, 9.17) is 10.00 Å². The first-order valence-corrected chi connectivity index (χ1v) is 5.83. The third-order valence-electron chi connectivity index (χ3n) is 3.49. The molecule has 94 valence electrons. The number of aromatic nitrogens is 1. The minimum atomic E-state index is -0.847. The molecular formula is C13H17BN2O2. The number of carbonyl (C=O) groups is 1. The summed E-state index contributed by atoms with van der Waals surface area (Å²) < 4.78 is 4.82. The van der Waals surface area contributed by atoms with Crippen molar-refractivity contribution in [2.24, 2.45) is 5.41 Å². The van der Waals surface area contributed by atoms with Gasteiger partial charge >= 0.3 is 5.97 Å². The van der Waals surface area contributed by atoms with Gasteiger partial charge < -0.3 is 4.74 Å². The number of carbonyl (C=O) groups excluding carboxylic acids is 1. The van der Waals surface area contributed by atoms with Crippen molar-refractivity contribution in [1.29, 1.82) is 5.26 Å². The Morgan fingerprint density at radius 3 is 2.78 bits per heavy atom. The molecule has 0 saturated carbocycles. The van der Waals surface area contributed by atoms with Gasteiger partial charge in [-0.25, -0.2) is 0 Å². The van der Waals surface area contributed by atoms with E-state index >= 15 is 0 Å². The quantitative estimate of drug-likeness (QED) is 0.572. The van der Waals surface area contributed by atoms with Crippen LogP contribution in [0.1, 0.15) is 31.7 Å². The van der Waals surface area contributed by atoms with E-state index < -0.39 is 5.41 Å². The van der Waals surface area contributed by atoms with Crippen LogP contribution in [0.25, 0.3) is 0 Å². The van der Waals surface area contributed by atoms with Crippen LogP contribution < -0.4 is 5.59 Å². The lowest BCUT2D eigenvalue weighted by atomic mass is 9.72. The predicted molar refractivity (Wildman–Crippen MR) is 71.2 cm³/mol. The maximum atomic E-state index is 11.9. The van der Waals surface area contributed by atoms with Gasteiger partial charge in [0.15, 0.2) is 7.85 Å². The van der Waals surface area contributed by atoms with Gasteiger partial charge in [-0.3, -0.25) is 9.78 Å². The van der Waals surface area contributed by atoms with Gasteiger partial charge in [-0.15, -0.1) is 0 Å². The number of rotatable bonds is 4. The zero-order valence-electron chi connectivity index (χ0n) is 11.2. The molecule has 0 saturated heterocycles. The van der Waals surface area contributed by atoms with Crippen molar-refractivity contribution in [3.05, 3.63) is 23.9 Å². The van der Waals surface area contributed by atoms with Crippen molar-refractivity contribution in [3.8, 4) is 6.07 Å². The maximum Gasteiger partial charge on any atom is 0.313 e. The van der Waals surface area contributed by atoms with Crippen molar-refractivity contribution in [2.75, 3.05) is 7.11 Å². The first-order chi connectivity index (χ1) is 8.45. The molecular weight excluding hydrogens is 227 g/mol. The average molecular weight is 244 g/mol. The van der Waals surface area contributed by atoms with Gasteiger partial charge in [0.05, 0.1) is 25.0 Å². The van der Waals surface area contributed by atoms with Gasteiger partial charge in [0, 0.05) is 6.20 Å². The van der Waals surface area contributed by atoms with E-state index in [2.05, 4.69) is 11.1 Å². The molecule has 1 heterocycles. The Bertz CT molecular complexity index is 467. The summed E-state index contributed by atoms with van der Waals surface area (Å²) in [6.07, 6.45) is 1.87. The molecule has 2 unspecified atom stereocenters. The summed E-state index contributed by atoms with van der Waals surface area (Å²) in [6.45, 7) is 3.67. The number of methoxy groups -OCH3 is 1. The Labute approximate surface area is 108 Å². The lowest BCUT2D eigenvalue weighted by Crippen LogP contribution is -2.34. The summed E-state index contributed by atoms with van der Waals surface area (Å²) in [7, 11) is 3.25.